The Hall–Kier alpha value is -1.81. The van der Waals surface area contributed by atoms with Crippen LogP contribution in [0.5, 0.6) is 0 Å². The Morgan fingerprint density at radius 3 is 2.70 bits per heavy atom. The number of carbonyl (C=O) groups excluding carboxylic acids is 1. The predicted octanol–water partition coefficient (Wildman–Crippen LogP) is 2.56. The number of benzene rings is 1. The number of nitrogens with one attached hydrogen (secondary N) is 3. The van der Waals surface area contributed by atoms with Crippen LogP contribution in [0.25, 0.3) is 0 Å². The molecule has 3 N–H and O–H groups in total. The third-order valence-corrected chi connectivity index (χ3v) is 4.88. The van der Waals surface area contributed by atoms with Crippen molar-refractivity contribution < 1.29 is 4.79 Å². The summed E-state index contributed by atoms with van der Waals surface area (Å²) in [5.41, 5.74) is 3.49. The Balaban J connectivity index is 0.00000261. The van der Waals surface area contributed by atoms with Crippen molar-refractivity contribution >= 4 is 52.9 Å². The maximum atomic E-state index is 11.5. The average Bonchev–Trinajstić information content (AvgIpc) is 3.18. The standard InChI is InChI=1S/C19H25N5OS.HI/c1-2-20-19(23-12-16-7-10-26-14-16)22-11-15-3-5-17(6-4-15)24-9-8-21-18(25)13-24;/h3-7,10,14H,2,8-9,11-13H2,1H3,(H,21,25)(H2,20,22,23);1H. The van der Waals surface area contributed by atoms with Crippen molar-refractivity contribution in [3.63, 3.8) is 0 Å². The molecule has 0 bridgehead atoms. The monoisotopic (exact) mass is 499 g/mol. The van der Waals surface area contributed by atoms with E-state index in [1.807, 2.05) is 0 Å². The van der Waals surface area contributed by atoms with Gasteiger partial charge < -0.3 is 20.9 Å². The predicted molar refractivity (Wildman–Crippen MR) is 123 cm³/mol. The maximum Gasteiger partial charge on any atom is 0.239 e. The van der Waals surface area contributed by atoms with Crippen molar-refractivity contribution in [1.82, 2.24) is 16.0 Å². The van der Waals surface area contributed by atoms with Gasteiger partial charge in [-0.3, -0.25) is 4.79 Å². The van der Waals surface area contributed by atoms with Gasteiger partial charge in [0.15, 0.2) is 5.96 Å². The number of thiophene rings is 1. The van der Waals surface area contributed by atoms with E-state index in [9.17, 15) is 4.79 Å². The number of carbonyl (C=O) groups is 1. The van der Waals surface area contributed by atoms with E-state index in [0.717, 1.165) is 24.7 Å². The number of guanidine groups is 1. The summed E-state index contributed by atoms with van der Waals surface area (Å²) < 4.78 is 0. The molecular weight excluding hydrogens is 473 g/mol. The van der Waals surface area contributed by atoms with Crippen molar-refractivity contribution in [3.05, 3.63) is 52.2 Å². The average molecular weight is 499 g/mol. The summed E-state index contributed by atoms with van der Waals surface area (Å²) in [4.78, 5) is 18.2. The zero-order valence-corrected chi connectivity index (χ0v) is 18.6. The molecule has 6 nitrogen and oxygen atoms in total. The number of piperazine rings is 1. The van der Waals surface area contributed by atoms with Gasteiger partial charge in [-0.05, 0) is 47.0 Å². The molecule has 8 heteroatoms. The minimum Gasteiger partial charge on any atom is -0.360 e. The molecule has 1 fully saturated rings. The lowest BCUT2D eigenvalue weighted by molar-refractivity contribution is -0.120. The fourth-order valence-corrected chi connectivity index (χ4v) is 3.42. The zero-order valence-electron chi connectivity index (χ0n) is 15.4. The molecule has 146 valence electrons. The van der Waals surface area contributed by atoms with Crippen LogP contribution in [0.2, 0.25) is 0 Å². The molecule has 27 heavy (non-hydrogen) atoms. The van der Waals surface area contributed by atoms with Crippen LogP contribution < -0.4 is 20.9 Å². The molecular formula is C19H26IN5OS. The van der Waals surface area contributed by atoms with Crippen LogP contribution in [0.1, 0.15) is 18.1 Å². The third kappa shape index (κ3) is 6.69. The number of amides is 1. The highest BCUT2D eigenvalue weighted by molar-refractivity contribution is 14.0. The number of aliphatic imine (C=N–C) groups is 1. The van der Waals surface area contributed by atoms with Gasteiger partial charge in [0.25, 0.3) is 0 Å². The molecule has 1 saturated heterocycles. The van der Waals surface area contributed by atoms with E-state index in [1.54, 1.807) is 11.3 Å². The normalized spacial score (nSPS) is 14.3. The minimum atomic E-state index is 0. The second kappa shape index (κ2) is 11.1. The lowest BCUT2D eigenvalue weighted by atomic mass is 10.2. The van der Waals surface area contributed by atoms with Crippen LogP contribution in [0.15, 0.2) is 46.1 Å². The summed E-state index contributed by atoms with van der Waals surface area (Å²) in [5, 5.41) is 13.7. The van der Waals surface area contributed by atoms with Gasteiger partial charge in [0.2, 0.25) is 5.91 Å². The molecule has 1 aromatic carbocycles. The summed E-state index contributed by atoms with van der Waals surface area (Å²) in [5.74, 6) is 0.898. The van der Waals surface area contributed by atoms with Gasteiger partial charge in [0.05, 0.1) is 13.1 Å². The van der Waals surface area contributed by atoms with Crippen LogP contribution >= 0.6 is 35.3 Å². The van der Waals surface area contributed by atoms with E-state index in [4.69, 9.17) is 0 Å². The number of nitrogens with zero attached hydrogens (tertiary/aromatic N) is 2. The van der Waals surface area contributed by atoms with Gasteiger partial charge in [-0.25, -0.2) is 4.99 Å². The lowest BCUT2D eigenvalue weighted by Gasteiger charge is -2.28. The second-order valence-corrected chi connectivity index (χ2v) is 6.90. The van der Waals surface area contributed by atoms with Gasteiger partial charge in [-0.15, -0.1) is 24.0 Å². The van der Waals surface area contributed by atoms with Crippen LogP contribution in [0.3, 0.4) is 0 Å². The first-order chi connectivity index (χ1) is 12.7. The molecule has 0 atom stereocenters. The highest BCUT2D eigenvalue weighted by atomic mass is 127. The van der Waals surface area contributed by atoms with Crippen LogP contribution in [-0.2, 0) is 17.9 Å². The van der Waals surface area contributed by atoms with E-state index in [-0.39, 0.29) is 29.9 Å². The smallest absolute Gasteiger partial charge is 0.239 e. The molecule has 1 aliphatic heterocycles. The van der Waals surface area contributed by atoms with E-state index < -0.39 is 0 Å². The molecule has 0 aliphatic carbocycles. The van der Waals surface area contributed by atoms with E-state index >= 15 is 0 Å². The number of hydrogen-bond donors (Lipinski definition) is 3. The van der Waals surface area contributed by atoms with E-state index in [1.165, 1.54) is 11.1 Å². The quantitative estimate of drug-likeness (QED) is 0.325. The molecule has 1 aromatic heterocycles. The first-order valence-electron chi connectivity index (χ1n) is 8.88. The summed E-state index contributed by atoms with van der Waals surface area (Å²) in [6.45, 7) is 6.25. The molecule has 3 rings (SSSR count). The highest BCUT2D eigenvalue weighted by Crippen LogP contribution is 2.16. The van der Waals surface area contributed by atoms with E-state index in [0.29, 0.717) is 26.2 Å². The fourth-order valence-electron chi connectivity index (χ4n) is 2.76. The number of anilines is 1. The Bertz CT molecular complexity index is 733. The molecule has 0 spiro atoms. The van der Waals surface area contributed by atoms with Gasteiger partial charge in [-0.1, -0.05) is 12.1 Å². The van der Waals surface area contributed by atoms with Crippen molar-refractivity contribution in [1.29, 1.82) is 0 Å². The largest absolute Gasteiger partial charge is 0.360 e. The third-order valence-electron chi connectivity index (χ3n) is 4.14. The number of hydrogen-bond acceptors (Lipinski definition) is 4. The molecule has 2 aromatic rings. The Morgan fingerprint density at radius 2 is 2.04 bits per heavy atom. The first kappa shape index (κ1) is 21.5. The van der Waals surface area contributed by atoms with Gasteiger partial charge in [-0.2, -0.15) is 11.3 Å². The molecule has 1 aliphatic rings. The topological polar surface area (TPSA) is 68.8 Å². The summed E-state index contributed by atoms with van der Waals surface area (Å²) in [6, 6.07) is 10.4. The number of rotatable bonds is 6. The van der Waals surface area contributed by atoms with E-state index in [2.05, 4.69) is 73.9 Å². The van der Waals surface area contributed by atoms with Crippen LogP contribution in [-0.4, -0.2) is 38.0 Å². The fraction of sp³-hybridized carbons (Fsp3) is 0.368. The molecule has 0 saturated carbocycles. The number of halogens is 1. The van der Waals surface area contributed by atoms with Crippen LogP contribution in [0.4, 0.5) is 5.69 Å². The lowest BCUT2D eigenvalue weighted by Crippen LogP contribution is -2.47. The Morgan fingerprint density at radius 1 is 1.22 bits per heavy atom. The molecule has 1 amide bonds. The molecule has 0 radical (unpaired) electrons. The SMILES string of the molecule is CCNC(=NCc1ccsc1)NCc1ccc(N2CCNC(=O)C2)cc1.I. The van der Waals surface area contributed by atoms with Crippen molar-refractivity contribution in [3.8, 4) is 0 Å². The Labute approximate surface area is 181 Å². The van der Waals surface area contributed by atoms with Crippen molar-refractivity contribution in [2.24, 2.45) is 4.99 Å². The minimum absolute atomic E-state index is 0. The first-order valence-corrected chi connectivity index (χ1v) is 9.82. The van der Waals surface area contributed by atoms with Crippen LogP contribution in [0, 0.1) is 0 Å². The zero-order chi connectivity index (χ0) is 18.2. The Kier molecular flexibility index (Phi) is 8.86. The second-order valence-electron chi connectivity index (χ2n) is 6.12. The summed E-state index contributed by atoms with van der Waals surface area (Å²) in [6.07, 6.45) is 0. The highest BCUT2D eigenvalue weighted by Gasteiger charge is 2.16. The van der Waals surface area contributed by atoms with Crippen molar-refractivity contribution in [2.75, 3.05) is 31.1 Å². The molecule has 0 unspecified atom stereocenters. The summed E-state index contributed by atoms with van der Waals surface area (Å²) in [7, 11) is 0. The van der Waals surface area contributed by atoms with Gasteiger partial charge in [0.1, 0.15) is 0 Å². The summed E-state index contributed by atoms with van der Waals surface area (Å²) >= 11 is 1.69. The maximum absolute atomic E-state index is 11.5. The van der Waals surface area contributed by atoms with Crippen molar-refractivity contribution in [2.45, 2.75) is 20.0 Å². The van der Waals surface area contributed by atoms with Gasteiger partial charge >= 0.3 is 0 Å². The van der Waals surface area contributed by atoms with Gasteiger partial charge in [0, 0.05) is 31.9 Å². The molecule has 2 heterocycles.